The van der Waals surface area contributed by atoms with E-state index < -0.39 is 10.0 Å². The second-order valence-electron chi connectivity index (χ2n) is 4.61. The maximum Gasteiger partial charge on any atom is 0.283 e. The number of sulfonamides is 1. The van der Waals surface area contributed by atoms with Crippen LogP contribution in [0, 0.1) is 6.92 Å². The molecule has 0 amide bonds. The second kappa shape index (κ2) is 5.52. The Morgan fingerprint density at radius 3 is 2.33 bits per heavy atom. The average molecular weight is 266 g/mol. The Kier molecular flexibility index (Phi) is 4.01. The number of aryl methyl sites for hydroxylation is 1. The molecule has 1 heterocycles. The van der Waals surface area contributed by atoms with Crippen LogP contribution in [0.15, 0.2) is 33.6 Å². The molecule has 1 aliphatic heterocycles. The third kappa shape index (κ3) is 3.32. The standard InChI is InChI=1S/C13H18N2O2S/c1-12-5-7-13(8-6-12)18(16,17)14-11-15-9-3-2-4-10-15/h5-8,11H,2-4,9-10H2,1H3. The molecule has 0 unspecified atom stereocenters. The molecule has 0 aromatic heterocycles. The van der Waals surface area contributed by atoms with Crippen LogP contribution in [-0.4, -0.2) is 32.7 Å². The molecule has 1 fully saturated rings. The Hall–Kier alpha value is -1.36. The van der Waals surface area contributed by atoms with Gasteiger partial charge in [-0.05, 0) is 38.3 Å². The highest BCUT2D eigenvalue weighted by atomic mass is 32.2. The van der Waals surface area contributed by atoms with E-state index in [1.165, 1.54) is 12.8 Å². The fourth-order valence-electron chi connectivity index (χ4n) is 1.93. The maximum absolute atomic E-state index is 12.0. The van der Waals surface area contributed by atoms with Crippen molar-refractivity contribution in [2.75, 3.05) is 13.1 Å². The first-order chi connectivity index (χ1) is 8.58. The first-order valence-electron chi connectivity index (χ1n) is 6.19. The van der Waals surface area contributed by atoms with Gasteiger partial charge in [0, 0.05) is 13.1 Å². The van der Waals surface area contributed by atoms with Crippen molar-refractivity contribution in [1.29, 1.82) is 0 Å². The number of likely N-dealkylation sites (tertiary alicyclic amines) is 1. The highest BCUT2D eigenvalue weighted by Crippen LogP contribution is 2.13. The van der Waals surface area contributed by atoms with Crippen molar-refractivity contribution in [3.05, 3.63) is 29.8 Å². The van der Waals surface area contributed by atoms with E-state index in [2.05, 4.69) is 4.40 Å². The van der Waals surface area contributed by atoms with Gasteiger partial charge in [0.15, 0.2) is 0 Å². The number of rotatable bonds is 3. The van der Waals surface area contributed by atoms with Crippen LogP contribution in [0.3, 0.4) is 0 Å². The third-order valence-corrected chi connectivity index (χ3v) is 4.30. The van der Waals surface area contributed by atoms with Crippen molar-refractivity contribution in [2.24, 2.45) is 4.40 Å². The highest BCUT2D eigenvalue weighted by molar-refractivity contribution is 7.90. The molecular formula is C13H18N2O2S. The largest absolute Gasteiger partial charge is 0.362 e. The summed E-state index contributed by atoms with van der Waals surface area (Å²) in [7, 11) is -3.55. The summed E-state index contributed by atoms with van der Waals surface area (Å²) in [5.74, 6) is 0. The van der Waals surface area contributed by atoms with Crippen LogP contribution >= 0.6 is 0 Å². The van der Waals surface area contributed by atoms with E-state index >= 15 is 0 Å². The molecule has 5 heteroatoms. The summed E-state index contributed by atoms with van der Waals surface area (Å²) in [5.41, 5.74) is 1.04. The lowest BCUT2D eigenvalue weighted by atomic mass is 10.1. The van der Waals surface area contributed by atoms with Gasteiger partial charge in [0.2, 0.25) is 0 Å². The van der Waals surface area contributed by atoms with Gasteiger partial charge in [-0.3, -0.25) is 0 Å². The van der Waals surface area contributed by atoms with Crippen LogP contribution in [0.2, 0.25) is 0 Å². The highest BCUT2D eigenvalue weighted by Gasteiger charge is 2.12. The van der Waals surface area contributed by atoms with Crippen molar-refractivity contribution < 1.29 is 8.42 Å². The summed E-state index contributed by atoms with van der Waals surface area (Å²) < 4.78 is 27.7. The molecular weight excluding hydrogens is 248 g/mol. The minimum atomic E-state index is -3.55. The molecule has 0 aliphatic carbocycles. The van der Waals surface area contributed by atoms with Gasteiger partial charge in [-0.1, -0.05) is 17.7 Å². The zero-order valence-electron chi connectivity index (χ0n) is 10.5. The Morgan fingerprint density at radius 2 is 1.72 bits per heavy atom. The first kappa shape index (κ1) is 13.1. The van der Waals surface area contributed by atoms with Crippen molar-refractivity contribution in [3.8, 4) is 0 Å². The molecule has 98 valence electrons. The van der Waals surface area contributed by atoms with E-state index in [0.717, 1.165) is 31.5 Å². The molecule has 0 spiro atoms. The number of hydrogen-bond donors (Lipinski definition) is 0. The lowest BCUT2D eigenvalue weighted by molar-refractivity contribution is 0.351. The van der Waals surface area contributed by atoms with E-state index in [-0.39, 0.29) is 4.90 Å². The van der Waals surface area contributed by atoms with Crippen LogP contribution in [0.1, 0.15) is 24.8 Å². The van der Waals surface area contributed by atoms with Crippen LogP contribution in [-0.2, 0) is 10.0 Å². The molecule has 1 aliphatic rings. The van der Waals surface area contributed by atoms with Crippen molar-refractivity contribution in [1.82, 2.24) is 4.90 Å². The molecule has 0 saturated carbocycles. The zero-order chi connectivity index (χ0) is 13.0. The molecule has 0 N–H and O–H groups in total. The zero-order valence-corrected chi connectivity index (χ0v) is 11.4. The van der Waals surface area contributed by atoms with Crippen molar-refractivity contribution in [3.63, 3.8) is 0 Å². The average Bonchev–Trinajstić information content (AvgIpc) is 2.38. The monoisotopic (exact) mass is 266 g/mol. The van der Waals surface area contributed by atoms with Crippen LogP contribution in [0.4, 0.5) is 0 Å². The minimum absolute atomic E-state index is 0.251. The summed E-state index contributed by atoms with van der Waals surface area (Å²) >= 11 is 0. The van der Waals surface area contributed by atoms with E-state index in [1.54, 1.807) is 24.3 Å². The Bertz CT molecular complexity index is 514. The molecule has 0 atom stereocenters. The van der Waals surface area contributed by atoms with E-state index in [4.69, 9.17) is 0 Å². The predicted octanol–water partition coefficient (Wildman–Crippen LogP) is 2.20. The fourth-order valence-corrected chi connectivity index (χ4v) is 2.79. The number of piperidine rings is 1. The van der Waals surface area contributed by atoms with E-state index in [9.17, 15) is 8.42 Å². The molecule has 18 heavy (non-hydrogen) atoms. The van der Waals surface area contributed by atoms with Gasteiger partial charge in [-0.2, -0.15) is 8.42 Å². The Balaban J connectivity index is 2.11. The van der Waals surface area contributed by atoms with Gasteiger partial charge in [-0.25, -0.2) is 0 Å². The second-order valence-corrected chi connectivity index (χ2v) is 6.24. The first-order valence-corrected chi connectivity index (χ1v) is 7.63. The molecule has 1 aromatic rings. The lowest BCUT2D eigenvalue weighted by Gasteiger charge is -2.23. The number of nitrogens with zero attached hydrogens (tertiary/aromatic N) is 2. The minimum Gasteiger partial charge on any atom is -0.362 e. The number of benzene rings is 1. The Labute approximate surface area is 108 Å². The van der Waals surface area contributed by atoms with Gasteiger partial charge in [0.05, 0.1) is 4.90 Å². The molecule has 1 aromatic carbocycles. The van der Waals surface area contributed by atoms with Gasteiger partial charge in [0.25, 0.3) is 10.0 Å². The lowest BCUT2D eigenvalue weighted by Crippen LogP contribution is -2.28. The Morgan fingerprint density at radius 1 is 1.11 bits per heavy atom. The van der Waals surface area contributed by atoms with Gasteiger partial charge >= 0.3 is 0 Å². The smallest absolute Gasteiger partial charge is 0.283 e. The van der Waals surface area contributed by atoms with Gasteiger partial charge in [-0.15, -0.1) is 4.40 Å². The quantitative estimate of drug-likeness (QED) is 0.622. The molecule has 1 saturated heterocycles. The summed E-state index contributed by atoms with van der Waals surface area (Å²) in [6.45, 7) is 3.72. The SMILES string of the molecule is Cc1ccc(S(=O)(=O)N=CN2CCCCC2)cc1. The summed E-state index contributed by atoms with van der Waals surface area (Å²) in [6, 6.07) is 6.75. The van der Waals surface area contributed by atoms with Crippen LogP contribution in [0.5, 0.6) is 0 Å². The van der Waals surface area contributed by atoms with Gasteiger partial charge < -0.3 is 4.90 Å². The maximum atomic E-state index is 12.0. The summed E-state index contributed by atoms with van der Waals surface area (Å²) in [4.78, 5) is 2.22. The topological polar surface area (TPSA) is 49.7 Å². The molecule has 0 radical (unpaired) electrons. The predicted molar refractivity (Wildman–Crippen MR) is 72.3 cm³/mol. The number of hydrogen-bond acceptors (Lipinski definition) is 2. The normalized spacial score (nSPS) is 17.3. The molecule has 2 rings (SSSR count). The van der Waals surface area contributed by atoms with Crippen molar-refractivity contribution >= 4 is 16.4 Å². The fraction of sp³-hybridized carbons (Fsp3) is 0.462. The summed E-state index contributed by atoms with van der Waals surface area (Å²) in [5, 5.41) is 0. The van der Waals surface area contributed by atoms with Gasteiger partial charge in [0.1, 0.15) is 6.34 Å². The van der Waals surface area contributed by atoms with E-state index in [0.29, 0.717) is 0 Å². The molecule has 0 bridgehead atoms. The summed E-state index contributed by atoms with van der Waals surface area (Å²) in [6.07, 6.45) is 4.90. The third-order valence-electron chi connectivity index (χ3n) is 3.06. The van der Waals surface area contributed by atoms with E-state index in [1.807, 2.05) is 11.8 Å². The molecule has 4 nitrogen and oxygen atoms in total. The van der Waals surface area contributed by atoms with Crippen LogP contribution in [0.25, 0.3) is 0 Å². The van der Waals surface area contributed by atoms with Crippen LogP contribution < -0.4 is 0 Å². The van der Waals surface area contributed by atoms with Crippen molar-refractivity contribution in [2.45, 2.75) is 31.1 Å².